The van der Waals surface area contributed by atoms with Gasteiger partial charge in [0.15, 0.2) is 0 Å². The fraction of sp³-hybridized carbons (Fsp3) is 0.471. The molecule has 2 aromatic carbocycles. The van der Waals surface area contributed by atoms with Gasteiger partial charge in [-0.3, -0.25) is 14.4 Å². The van der Waals surface area contributed by atoms with Crippen LogP contribution < -0.4 is 20.7 Å². The molecule has 0 radical (unpaired) electrons. The highest BCUT2D eigenvalue weighted by atomic mass is 35.5. The van der Waals surface area contributed by atoms with Gasteiger partial charge in [-0.15, -0.1) is 0 Å². The third kappa shape index (κ3) is 9.08. The van der Waals surface area contributed by atoms with E-state index < -0.39 is 47.3 Å². The molecule has 0 aliphatic carbocycles. The molecule has 11 nitrogen and oxygen atoms in total. The Morgan fingerprint density at radius 2 is 1.80 bits per heavy atom. The van der Waals surface area contributed by atoms with Crippen molar-refractivity contribution in [3.8, 4) is 5.75 Å². The van der Waals surface area contributed by atoms with Crippen LogP contribution in [0.1, 0.15) is 50.8 Å². The Balaban J connectivity index is 1.59. The lowest BCUT2D eigenvalue weighted by molar-refractivity contribution is -0.157. The van der Waals surface area contributed by atoms with Crippen LogP contribution in [0.2, 0.25) is 5.02 Å². The molecule has 3 amide bonds. The zero-order valence-electron chi connectivity index (χ0n) is 26.5. The topological polar surface area (TPSA) is 156 Å². The number of hydrogen-bond acceptors (Lipinski definition) is 8. The van der Waals surface area contributed by atoms with E-state index in [1.54, 1.807) is 38.1 Å². The number of ether oxygens (including phenoxy) is 3. The molecule has 46 heavy (non-hydrogen) atoms. The Bertz CT molecular complexity index is 1430. The van der Waals surface area contributed by atoms with Crippen molar-refractivity contribution in [3.63, 3.8) is 0 Å². The molecule has 2 aliphatic rings. The summed E-state index contributed by atoms with van der Waals surface area (Å²) in [5.41, 5.74) is 0.534. The Kier molecular flexibility index (Phi) is 11.8. The van der Waals surface area contributed by atoms with Crippen molar-refractivity contribution in [1.82, 2.24) is 16.0 Å². The van der Waals surface area contributed by atoms with Crippen LogP contribution in [0.5, 0.6) is 5.75 Å². The zero-order chi connectivity index (χ0) is 33.4. The number of cyclic esters (lactones) is 1. The van der Waals surface area contributed by atoms with Crippen molar-refractivity contribution < 1.29 is 38.5 Å². The summed E-state index contributed by atoms with van der Waals surface area (Å²) in [6, 6.07) is 12.7. The average Bonchev–Trinajstić information content (AvgIpc) is 3.83. The fourth-order valence-corrected chi connectivity index (χ4v) is 5.58. The second-order valence-corrected chi connectivity index (χ2v) is 12.7. The van der Waals surface area contributed by atoms with Gasteiger partial charge < -0.3 is 35.3 Å². The number of carbonyl (C=O) groups is 4. The van der Waals surface area contributed by atoms with Crippen molar-refractivity contribution in [3.05, 3.63) is 76.8 Å². The lowest BCUT2D eigenvalue weighted by Gasteiger charge is -2.29. The van der Waals surface area contributed by atoms with E-state index in [1.165, 1.54) is 13.2 Å². The van der Waals surface area contributed by atoms with Crippen LogP contribution >= 0.6 is 11.6 Å². The fourth-order valence-electron chi connectivity index (χ4n) is 5.30. The van der Waals surface area contributed by atoms with E-state index >= 15 is 0 Å². The van der Waals surface area contributed by atoms with Gasteiger partial charge in [0, 0.05) is 38.3 Å². The van der Waals surface area contributed by atoms with Gasteiger partial charge in [-0.25, -0.2) is 4.79 Å². The van der Waals surface area contributed by atoms with Crippen LogP contribution in [0.4, 0.5) is 0 Å². The number of carbonyl (C=O) groups excluding carboxylic acids is 4. The molecule has 0 aromatic heterocycles. The lowest BCUT2D eigenvalue weighted by Crippen LogP contribution is -2.54. The van der Waals surface area contributed by atoms with Gasteiger partial charge in [0.25, 0.3) is 0 Å². The van der Waals surface area contributed by atoms with Gasteiger partial charge in [0.2, 0.25) is 17.7 Å². The van der Waals surface area contributed by atoms with E-state index in [-0.39, 0.29) is 50.5 Å². The van der Waals surface area contributed by atoms with Crippen LogP contribution in [0.3, 0.4) is 0 Å². The number of aliphatic hydroxyl groups excluding tert-OH is 1. The van der Waals surface area contributed by atoms with E-state index in [2.05, 4.69) is 16.0 Å². The van der Waals surface area contributed by atoms with E-state index in [0.29, 0.717) is 16.3 Å². The number of methoxy groups -OCH3 is 1. The first kappa shape index (κ1) is 34.9. The standard InChI is InChI=1S/C34H42ClN3O8/c1-20(29-30(46-29)22-9-6-5-7-10-22)26-11-8-12-28(40)37-25(18-21-13-14-27(44-4)23(35)17-21)31(41)36-19-34(2,3)33(43)38-24(15-16-39)32(42)45-26/h5-10,12-14,17,20,24-26,29-30,39H,11,15-16,18-19H2,1-4H3,(H,36,41)(H,37,40)(H,38,43)/b12-8+/t20-,24-,25+,26-,29+,30+/m0/s1. The van der Waals surface area contributed by atoms with E-state index in [9.17, 15) is 24.3 Å². The number of benzene rings is 2. The van der Waals surface area contributed by atoms with Gasteiger partial charge in [0.1, 0.15) is 30.0 Å². The van der Waals surface area contributed by atoms with Crippen molar-refractivity contribution in [1.29, 1.82) is 0 Å². The predicted molar refractivity (Wildman–Crippen MR) is 171 cm³/mol. The number of rotatable bonds is 8. The number of hydrogen-bond donors (Lipinski definition) is 4. The number of esters is 1. The second-order valence-electron chi connectivity index (χ2n) is 12.3. The lowest BCUT2D eigenvalue weighted by atomic mass is 9.91. The highest BCUT2D eigenvalue weighted by molar-refractivity contribution is 6.32. The summed E-state index contributed by atoms with van der Waals surface area (Å²) in [7, 11) is 1.50. The van der Waals surface area contributed by atoms with Gasteiger partial charge in [-0.05, 0) is 43.2 Å². The molecule has 0 spiro atoms. The molecule has 248 valence electrons. The van der Waals surface area contributed by atoms with Crippen LogP contribution in [0, 0.1) is 11.3 Å². The first-order valence-electron chi connectivity index (χ1n) is 15.3. The second kappa shape index (κ2) is 15.6. The van der Waals surface area contributed by atoms with Crippen molar-refractivity contribution >= 4 is 35.3 Å². The Labute approximate surface area is 274 Å². The molecule has 4 rings (SSSR count). The van der Waals surface area contributed by atoms with Crippen molar-refractivity contribution in [2.75, 3.05) is 20.3 Å². The summed E-state index contributed by atoms with van der Waals surface area (Å²) in [6.45, 7) is 4.68. The summed E-state index contributed by atoms with van der Waals surface area (Å²) in [6.07, 6.45) is 2.00. The molecule has 6 atom stereocenters. The molecule has 0 bridgehead atoms. The highest BCUT2D eigenvalue weighted by Gasteiger charge is 2.47. The molecule has 12 heteroatoms. The van der Waals surface area contributed by atoms with Gasteiger partial charge in [-0.1, -0.05) is 61.0 Å². The number of aliphatic hydroxyl groups is 1. The quantitative estimate of drug-likeness (QED) is 0.250. The summed E-state index contributed by atoms with van der Waals surface area (Å²) >= 11 is 6.30. The number of epoxide rings is 1. The predicted octanol–water partition coefficient (Wildman–Crippen LogP) is 3.03. The third-order valence-corrected chi connectivity index (χ3v) is 8.57. The maximum absolute atomic E-state index is 13.4. The minimum atomic E-state index is -1.16. The minimum absolute atomic E-state index is 0.0641. The number of nitrogens with one attached hydrogen (secondary N) is 3. The van der Waals surface area contributed by atoms with Crippen molar-refractivity contribution in [2.24, 2.45) is 11.3 Å². The summed E-state index contributed by atoms with van der Waals surface area (Å²) in [5.74, 6) is -2.05. The number of halogens is 1. The molecular formula is C34H42ClN3O8. The molecule has 0 saturated carbocycles. The highest BCUT2D eigenvalue weighted by Crippen LogP contribution is 2.45. The normalized spacial score (nSPS) is 27.0. The van der Waals surface area contributed by atoms with Crippen LogP contribution in [-0.2, 0) is 35.1 Å². The van der Waals surface area contributed by atoms with E-state index in [1.807, 2.05) is 37.3 Å². The molecule has 2 heterocycles. The smallest absolute Gasteiger partial charge is 0.329 e. The maximum Gasteiger partial charge on any atom is 0.329 e. The van der Waals surface area contributed by atoms with Crippen LogP contribution in [0.15, 0.2) is 60.7 Å². The SMILES string of the molecule is COc1ccc(C[C@H]2NC(=O)/C=C/C[C@@H]([C@H](C)[C@H]3O[C@@H]3c3ccccc3)OC(=O)[C@H](CCO)NC(=O)C(C)(C)CNC2=O)cc1Cl. The first-order valence-corrected chi connectivity index (χ1v) is 15.7. The molecular weight excluding hydrogens is 614 g/mol. The monoisotopic (exact) mass is 655 g/mol. The largest absolute Gasteiger partial charge is 0.495 e. The molecule has 2 aliphatic heterocycles. The molecule has 1 saturated heterocycles. The van der Waals surface area contributed by atoms with Crippen molar-refractivity contribution in [2.45, 2.75) is 70.4 Å². The third-order valence-electron chi connectivity index (χ3n) is 8.28. The minimum Gasteiger partial charge on any atom is -0.495 e. The number of amides is 3. The maximum atomic E-state index is 13.4. The molecule has 2 aromatic rings. The summed E-state index contributed by atoms with van der Waals surface area (Å²) in [4.78, 5) is 53.2. The Morgan fingerprint density at radius 3 is 2.48 bits per heavy atom. The molecule has 1 fully saturated rings. The molecule has 0 unspecified atom stereocenters. The van der Waals surface area contributed by atoms with E-state index in [0.717, 1.165) is 5.56 Å². The Hall–Kier alpha value is -3.93. The molecule has 4 N–H and O–H groups in total. The average molecular weight is 656 g/mol. The van der Waals surface area contributed by atoms with Gasteiger partial charge >= 0.3 is 5.97 Å². The summed E-state index contributed by atoms with van der Waals surface area (Å²) < 4.78 is 17.1. The van der Waals surface area contributed by atoms with Crippen LogP contribution in [0.25, 0.3) is 0 Å². The van der Waals surface area contributed by atoms with Gasteiger partial charge in [0.05, 0.1) is 23.7 Å². The Morgan fingerprint density at radius 1 is 1.07 bits per heavy atom. The zero-order valence-corrected chi connectivity index (χ0v) is 27.2. The van der Waals surface area contributed by atoms with E-state index in [4.69, 9.17) is 25.8 Å². The van der Waals surface area contributed by atoms with Gasteiger partial charge in [-0.2, -0.15) is 0 Å². The first-order chi connectivity index (χ1) is 21.9. The summed E-state index contributed by atoms with van der Waals surface area (Å²) in [5, 5.41) is 18.2. The van der Waals surface area contributed by atoms with Crippen LogP contribution in [-0.4, -0.2) is 73.4 Å².